The molecule has 1 atom stereocenters. The number of carbonyl (C=O) groups excluding carboxylic acids is 2. The molecule has 0 N–H and O–H groups in total. The number of halogens is 1. The van der Waals surface area contributed by atoms with Crippen molar-refractivity contribution in [2.75, 3.05) is 7.05 Å². The molecule has 0 aliphatic heterocycles. The molecule has 0 radical (unpaired) electrons. The van der Waals surface area contributed by atoms with Gasteiger partial charge in [-0.05, 0) is 37.6 Å². The quantitative estimate of drug-likeness (QED) is 0.597. The molecule has 1 unspecified atom stereocenters. The number of carbonyl (C=O) groups is 2. The van der Waals surface area contributed by atoms with E-state index in [0.29, 0.717) is 10.6 Å². The molecular weight excluding hydrogens is 322 g/mol. The molecule has 2 aromatic carbocycles. The van der Waals surface area contributed by atoms with E-state index in [4.69, 9.17) is 11.6 Å². The molecule has 0 fully saturated rings. The maximum absolute atomic E-state index is 12.5. The van der Waals surface area contributed by atoms with E-state index in [0.717, 1.165) is 11.1 Å². The first-order chi connectivity index (χ1) is 11.4. The fourth-order valence-electron chi connectivity index (χ4n) is 2.18. The largest absolute Gasteiger partial charge is 0.332 e. The Morgan fingerprint density at radius 2 is 1.62 bits per heavy atom. The Hall–Kier alpha value is -2.39. The molecule has 1 amide bonds. The van der Waals surface area contributed by atoms with E-state index in [1.807, 2.05) is 31.2 Å². The lowest BCUT2D eigenvalue weighted by molar-refractivity contribution is -0.125. The van der Waals surface area contributed by atoms with Gasteiger partial charge >= 0.3 is 0 Å². The molecule has 0 heterocycles. The van der Waals surface area contributed by atoms with Crippen molar-refractivity contribution >= 4 is 29.4 Å². The fourth-order valence-corrected chi connectivity index (χ4v) is 2.31. The van der Waals surface area contributed by atoms with Crippen molar-refractivity contribution in [3.63, 3.8) is 0 Å². The molecule has 0 spiro atoms. The number of hydrogen-bond acceptors (Lipinski definition) is 2. The van der Waals surface area contributed by atoms with Gasteiger partial charge in [0.15, 0.2) is 5.78 Å². The summed E-state index contributed by atoms with van der Waals surface area (Å²) in [7, 11) is 1.63. The van der Waals surface area contributed by atoms with E-state index in [-0.39, 0.29) is 11.7 Å². The Bertz CT molecular complexity index is 748. The summed E-state index contributed by atoms with van der Waals surface area (Å²) in [5.74, 6) is -0.302. The minimum absolute atomic E-state index is 0.0780. The molecule has 2 rings (SSSR count). The van der Waals surface area contributed by atoms with Crippen molar-refractivity contribution in [1.82, 2.24) is 4.90 Å². The number of benzene rings is 2. The second-order valence-electron chi connectivity index (χ2n) is 5.74. The van der Waals surface area contributed by atoms with Crippen LogP contribution in [-0.2, 0) is 4.79 Å². The van der Waals surface area contributed by atoms with E-state index < -0.39 is 6.04 Å². The second kappa shape index (κ2) is 7.93. The molecule has 0 aliphatic carbocycles. The predicted octanol–water partition coefficient (Wildman–Crippen LogP) is 4.39. The SMILES string of the molecule is Cc1ccc(C(=O)C(C)N(C)C(=O)/C=C/c2ccc(Cl)cc2)cc1. The third-order valence-electron chi connectivity index (χ3n) is 3.93. The topological polar surface area (TPSA) is 37.4 Å². The van der Waals surface area contributed by atoms with Crippen molar-refractivity contribution in [1.29, 1.82) is 0 Å². The number of amides is 1. The highest BCUT2D eigenvalue weighted by Gasteiger charge is 2.22. The van der Waals surface area contributed by atoms with Crippen LogP contribution in [0.3, 0.4) is 0 Å². The van der Waals surface area contributed by atoms with Gasteiger partial charge < -0.3 is 4.90 Å². The van der Waals surface area contributed by atoms with Crippen molar-refractivity contribution in [2.45, 2.75) is 19.9 Å². The normalized spacial score (nSPS) is 12.2. The summed E-state index contributed by atoms with van der Waals surface area (Å²) in [6, 6.07) is 14.0. The monoisotopic (exact) mass is 341 g/mol. The molecule has 4 heteroatoms. The Kier molecular flexibility index (Phi) is 5.93. The summed E-state index contributed by atoms with van der Waals surface area (Å²) >= 11 is 5.83. The summed E-state index contributed by atoms with van der Waals surface area (Å²) in [6.07, 6.45) is 3.17. The van der Waals surface area contributed by atoms with Crippen LogP contribution in [0, 0.1) is 6.92 Å². The van der Waals surface area contributed by atoms with Gasteiger partial charge in [0.2, 0.25) is 5.91 Å². The summed E-state index contributed by atoms with van der Waals surface area (Å²) < 4.78 is 0. The molecule has 0 bridgehead atoms. The maximum atomic E-state index is 12.5. The minimum Gasteiger partial charge on any atom is -0.332 e. The molecule has 0 saturated heterocycles. The standard InChI is InChI=1S/C20H20ClNO2/c1-14-4-9-17(10-5-14)20(24)15(2)22(3)19(23)13-8-16-6-11-18(21)12-7-16/h4-13,15H,1-3H3/b13-8+. The smallest absolute Gasteiger partial charge is 0.246 e. The van der Waals surface area contributed by atoms with E-state index in [9.17, 15) is 9.59 Å². The molecule has 2 aromatic rings. The Labute approximate surface area is 147 Å². The molecule has 124 valence electrons. The summed E-state index contributed by atoms with van der Waals surface area (Å²) in [5.41, 5.74) is 2.57. The Balaban J connectivity index is 2.04. The number of nitrogens with zero attached hydrogens (tertiary/aromatic N) is 1. The van der Waals surface area contributed by atoms with Crippen molar-refractivity contribution in [2.24, 2.45) is 0 Å². The van der Waals surface area contributed by atoms with Gasteiger partial charge in [-0.15, -0.1) is 0 Å². The number of ketones is 1. The van der Waals surface area contributed by atoms with Crippen LogP contribution in [0.5, 0.6) is 0 Å². The van der Waals surface area contributed by atoms with Crippen LogP contribution in [0.15, 0.2) is 54.6 Å². The van der Waals surface area contributed by atoms with Crippen LogP contribution >= 0.6 is 11.6 Å². The van der Waals surface area contributed by atoms with Gasteiger partial charge in [-0.25, -0.2) is 0 Å². The zero-order valence-corrected chi connectivity index (χ0v) is 14.7. The molecule has 0 aromatic heterocycles. The van der Waals surface area contributed by atoms with E-state index in [1.54, 1.807) is 44.3 Å². The highest BCUT2D eigenvalue weighted by molar-refractivity contribution is 6.30. The predicted molar refractivity (Wildman–Crippen MR) is 98.2 cm³/mol. The maximum Gasteiger partial charge on any atom is 0.246 e. The Morgan fingerprint density at radius 1 is 1.04 bits per heavy atom. The first kappa shape index (κ1) is 18.0. The van der Waals surface area contributed by atoms with Crippen LogP contribution in [-0.4, -0.2) is 29.7 Å². The minimum atomic E-state index is -0.532. The second-order valence-corrected chi connectivity index (χ2v) is 6.18. The Morgan fingerprint density at radius 3 is 2.21 bits per heavy atom. The van der Waals surface area contributed by atoms with Crippen molar-refractivity contribution in [3.05, 3.63) is 76.3 Å². The number of aryl methyl sites for hydroxylation is 1. The third-order valence-corrected chi connectivity index (χ3v) is 4.18. The van der Waals surface area contributed by atoms with Crippen LogP contribution in [0.2, 0.25) is 5.02 Å². The van der Waals surface area contributed by atoms with Gasteiger partial charge in [0, 0.05) is 23.7 Å². The molecule has 0 saturated carbocycles. The van der Waals surface area contributed by atoms with Crippen LogP contribution in [0.4, 0.5) is 0 Å². The average molecular weight is 342 g/mol. The fraction of sp³-hybridized carbons (Fsp3) is 0.200. The van der Waals surface area contributed by atoms with Gasteiger partial charge in [-0.1, -0.05) is 53.6 Å². The lowest BCUT2D eigenvalue weighted by Gasteiger charge is -2.22. The highest BCUT2D eigenvalue weighted by Crippen LogP contribution is 2.12. The summed E-state index contributed by atoms with van der Waals surface area (Å²) in [5, 5.41) is 0.646. The van der Waals surface area contributed by atoms with Gasteiger partial charge in [0.25, 0.3) is 0 Å². The van der Waals surface area contributed by atoms with Gasteiger partial charge in [-0.2, -0.15) is 0 Å². The average Bonchev–Trinajstić information content (AvgIpc) is 2.59. The molecule has 3 nitrogen and oxygen atoms in total. The first-order valence-electron chi connectivity index (χ1n) is 7.70. The van der Waals surface area contributed by atoms with Crippen molar-refractivity contribution < 1.29 is 9.59 Å². The molecular formula is C20H20ClNO2. The van der Waals surface area contributed by atoms with Gasteiger partial charge in [-0.3, -0.25) is 9.59 Å². The van der Waals surface area contributed by atoms with E-state index >= 15 is 0 Å². The summed E-state index contributed by atoms with van der Waals surface area (Å²) in [6.45, 7) is 3.70. The molecule has 0 aliphatic rings. The number of rotatable bonds is 5. The highest BCUT2D eigenvalue weighted by atomic mass is 35.5. The lowest BCUT2D eigenvalue weighted by atomic mass is 10.0. The van der Waals surface area contributed by atoms with Crippen molar-refractivity contribution in [3.8, 4) is 0 Å². The number of Topliss-reactive ketones (excluding diaryl/α,β-unsaturated/α-hetero) is 1. The first-order valence-corrected chi connectivity index (χ1v) is 8.07. The zero-order valence-electron chi connectivity index (χ0n) is 14.0. The molecule has 24 heavy (non-hydrogen) atoms. The third kappa shape index (κ3) is 4.56. The van der Waals surface area contributed by atoms with E-state index in [1.165, 1.54) is 11.0 Å². The number of hydrogen-bond donors (Lipinski definition) is 0. The summed E-state index contributed by atoms with van der Waals surface area (Å²) in [4.78, 5) is 26.2. The van der Waals surface area contributed by atoms with Crippen LogP contribution in [0.25, 0.3) is 6.08 Å². The van der Waals surface area contributed by atoms with Crippen LogP contribution < -0.4 is 0 Å². The van der Waals surface area contributed by atoms with Gasteiger partial charge in [0.05, 0.1) is 6.04 Å². The zero-order chi connectivity index (χ0) is 17.7. The van der Waals surface area contributed by atoms with Crippen LogP contribution in [0.1, 0.15) is 28.4 Å². The lowest BCUT2D eigenvalue weighted by Crippen LogP contribution is -2.39. The number of likely N-dealkylation sites (N-methyl/N-ethyl adjacent to an activating group) is 1. The van der Waals surface area contributed by atoms with E-state index in [2.05, 4.69) is 0 Å². The van der Waals surface area contributed by atoms with Gasteiger partial charge in [0.1, 0.15) is 0 Å².